The van der Waals surface area contributed by atoms with Crippen LogP contribution < -0.4 is 20.1 Å². The molecule has 7 nitrogen and oxygen atoms in total. The molecule has 2 N–H and O–H groups in total. The van der Waals surface area contributed by atoms with Crippen LogP contribution in [0.4, 0.5) is 10.5 Å². The number of ether oxygens (including phenoxy) is 2. The van der Waals surface area contributed by atoms with E-state index in [0.717, 1.165) is 0 Å². The number of benzene rings is 1. The van der Waals surface area contributed by atoms with Gasteiger partial charge in [-0.25, -0.2) is 4.79 Å². The molecule has 26 heavy (non-hydrogen) atoms. The second kappa shape index (κ2) is 8.98. The molecular weight excluding hydrogens is 358 g/mol. The van der Waals surface area contributed by atoms with Gasteiger partial charge in [-0.05, 0) is 26.7 Å². The normalized spacial score (nSPS) is 14.9. The smallest absolute Gasteiger partial charge is 0.317 e. The fraction of sp³-hybridized carbons (Fsp3) is 0.556. The van der Waals surface area contributed by atoms with Gasteiger partial charge >= 0.3 is 6.03 Å². The number of halogens is 1. The maximum Gasteiger partial charge on any atom is 0.317 e. The number of amides is 3. The third-order valence-electron chi connectivity index (χ3n) is 4.30. The van der Waals surface area contributed by atoms with Crippen LogP contribution >= 0.6 is 11.6 Å². The summed E-state index contributed by atoms with van der Waals surface area (Å²) >= 11 is 6.09. The van der Waals surface area contributed by atoms with Crippen LogP contribution in [0, 0.1) is 5.92 Å². The van der Waals surface area contributed by atoms with Crippen LogP contribution in [0.3, 0.4) is 0 Å². The Morgan fingerprint density at radius 3 is 2.31 bits per heavy atom. The van der Waals surface area contributed by atoms with Gasteiger partial charge in [-0.15, -0.1) is 0 Å². The Labute approximate surface area is 159 Å². The van der Waals surface area contributed by atoms with Crippen LogP contribution in [-0.2, 0) is 4.79 Å². The van der Waals surface area contributed by atoms with Crippen molar-refractivity contribution < 1.29 is 19.1 Å². The maximum atomic E-state index is 12.6. The van der Waals surface area contributed by atoms with Crippen LogP contribution in [0.25, 0.3) is 0 Å². The minimum absolute atomic E-state index is 0.0806. The third kappa shape index (κ3) is 4.94. The molecule has 3 amide bonds. The van der Waals surface area contributed by atoms with Crippen LogP contribution in [0.15, 0.2) is 12.1 Å². The Bertz CT molecular complexity index is 658. The first-order valence-electron chi connectivity index (χ1n) is 8.63. The summed E-state index contributed by atoms with van der Waals surface area (Å²) in [4.78, 5) is 26.4. The molecular formula is C18H26ClN3O4. The Morgan fingerprint density at radius 2 is 1.77 bits per heavy atom. The molecule has 0 atom stereocenters. The number of piperidine rings is 1. The lowest BCUT2D eigenvalue weighted by Crippen LogP contribution is -2.47. The highest BCUT2D eigenvalue weighted by Crippen LogP contribution is 2.36. The molecule has 1 heterocycles. The molecule has 8 heteroatoms. The lowest BCUT2D eigenvalue weighted by molar-refractivity contribution is -0.121. The third-order valence-corrected chi connectivity index (χ3v) is 4.59. The van der Waals surface area contributed by atoms with Crippen molar-refractivity contribution in [3.63, 3.8) is 0 Å². The Hall–Kier alpha value is -2.15. The van der Waals surface area contributed by atoms with Crippen molar-refractivity contribution in [2.24, 2.45) is 5.92 Å². The topological polar surface area (TPSA) is 79.9 Å². The summed E-state index contributed by atoms with van der Waals surface area (Å²) in [6.45, 7) is 4.95. The Balaban J connectivity index is 1.98. The van der Waals surface area contributed by atoms with E-state index in [1.807, 2.05) is 13.8 Å². The molecule has 1 fully saturated rings. The lowest BCUT2D eigenvalue weighted by Gasteiger charge is -2.32. The van der Waals surface area contributed by atoms with Crippen molar-refractivity contribution in [2.75, 3.05) is 32.6 Å². The fourth-order valence-electron chi connectivity index (χ4n) is 2.88. The van der Waals surface area contributed by atoms with E-state index in [2.05, 4.69) is 10.6 Å². The molecule has 144 valence electrons. The highest BCUT2D eigenvalue weighted by molar-refractivity contribution is 6.32. The van der Waals surface area contributed by atoms with E-state index in [1.54, 1.807) is 17.0 Å². The molecule has 1 aromatic carbocycles. The van der Waals surface area contributed by atoms with Gasteiger partial charge in [-0.3, -0.25) is 4.79 Å². The number of rotatable bonds is 5. The largest absolute Gasteiger partial charge is 0.495 e. The molecule has 1 aliphatic heterocycles. The van der Waals surface area contributed by atoms with Gasteiger partial charge in [-0.2, -0.15) is 0 Å². The van der Waals surface area contributed by atoms with Crippen molar-refractivity contribution in [1.82, 2.24) is 10.2 Å². The van der Waals surface area contributed by atoms with E-state index in [9.17, 15) is 9.59 Å². The fourth-order valence-corrected chi connectivity index (χ4v) is 3.11. The van der Waals surface area contributed by atoms with Crippen molar-refractivity contribution in [2.45, 2.75) is 32.7 Å². The highest BCUT2D eigenvalue weighted by Gasteiger charge is 2.28. The molecule has 0 radical (unpaired) electrons. The van der Waals surface area contributed by atoms with Crippen LogP contribution in [0.1, 0.15) is 26.7 Å². The minimum atomic E-state index is -0.163. The predicted octanol–water partition coefficient (Wildman–Crippen LogP) is 3.13. The number of carbonyl (C=O) groups is 2. The van der Waals surface area contributed by atoms with E-state index >= 15 is 0 Å². The maximum absolute atomic E-state index is 12.6. The monoisotopic (exact) mass is 383 g/mol. The van der Waals surface area contributed by atoms with Gasteiger partial charge in [0.2, 0.25) is 5.91 Å². The predicted molar refractivity (Wildman–Crippen MR) is 101 cm³/mol. The van der Waals surface area contributed by atoms with E-state index < -0.39 is 0 Å². The van der Waals surface area contributed by atoms with Crippen LogP contribution in [0.2, 0.25) is 5.02 Å². The number of urea groups is 1. The molecule has 0 unspecified atom stereocenters. The summed E-state index contributed by atoms with van der Waals surface area (Å²) in [5.41, 5.74) is 0.513. The molecule has 1 aliphatic rings. The van der Waals surface area contributed by atoms with Gasteiger partial charge < -0.3 is 25.0 Å². The van der Waals surface area contributed by atoms with Gasteiger partial charge in [0.15, 0.2) is 0 Å². The summed E-state index contributed by atoms with van der Waals surface area (Å²) in [6.07, 6.45) is 1.23. The summed E-state index contributed by atoms with van der Waals surface area (Å²) in [6, 6.07) is 3.26. The van der Waals surface area contributed by atoms with Crippen molar-refractivity contribution >= 4 is 29.2 Å². The molecule has 0 saturated carbocycles. The minimum Gasteiger partial charge on any atom is -0.495 e. The number of methoxy groups -OCH3 is 2. The number of likely N-dealkylation sites (tertiary alicyclic amines) is 1. The van der Waals surface area contributed by atoms with E-state index in [0.29, 0.717) is 48.1 Å². The Kier molecular flexibility index (Phi) is 6.97. The first-order valence-corrected chi connectivity index (χ1v) is 9.01. The average Bonchev–Trinajstić information content (AvgIpc) is 2.62. The second-order valence-electron chi connectivity index (χ2n) is 6.54. The Morgan fingerprint density at radius 1 is 1.15 bits per heavy atom. The lowest BCUT2D eigenvalue weighted by atomic mass is 9.96. The zero-order chi connectivity index (χ0) is 19.3. The molecule has 0 spiro atoms. The number of nitrogens with zero attached hydrogens (tertiary/aromatic N) is 1. The number of carbonyl (C=O) groups excluding carboxylic acids is 2. The molecule has 1 saturated heterocycles. The number of anilines is 1. The van der Waals surface area contributed by atoms with E-state index in [-0.39, 0.29) is 23.9 Å². The first kappa shape index (κ1) is 20.2. The molecule has 0 aliphatic carbocycles. The summed E-state index contributed by atoms with van der Waals surface area (Å²) in [5.74, 6) is 0.668. The zero-order valence-corrected chi connectivity index (χ0v) is 16.4. The molecule has 2 rings (SSSR count). The standard InChI is InChI=1S/C18H26ClN3O4/c1-11(2)20-18(24)22-7-5-12(6-8-22)17(23)21-14-10-15(25-3)13(19)9-16(14)26-4/h9-12H,5-8H2,1-4H3,(H,20,24)(H,21,23). The molecule has 1 aromatic rings. The zero-order valence-electron chi connectivity index (χ0n) is 15.6. The number of hydrogen-bond donors (Lipinski definition) is 2. The van der Waals surface area contributed by atoms with Crippen LogP contribution in [-0.4, -0.2) is 50.2 Å². The van der Waals surface area contributed by atoms with Crippen molar-refractivity contribution in [1.29, 1.82) is 0 Å². The highest BCUT2D eigenvalue weighted by atomic mass is 35.5. The SMILES string of the molecule is COc1cc(NC(=O)C2CCN(C(=O)NC(C)C)CC2)c(OC)cc1Cl. The van der Waals surface area contributed by atoms with E-state index in [4.69, 9.17) is 21.1 Å². The summed E-state index contributed by atoms with van der Waals surface area (Å²) in [7, 11) is 3.02. The van der Waals surface area contributed by atoms with E-state index in [1.165, 1.54) is 14.2 Å². The first-order chi connectivity index (χ1) is 12.3. The van der Waals surface area contributed by atoms with Crippen molar-refractivity contribution in [3.8, 4) is 11.5 Å². The quantitative estimate of drug-likeness (QED) is 0.818. The molecule has 0 bridgehead atoms. The van der Waals surface area contributed by atoms with Gasteiger partial charge in [0.1, 0.15) is 11.5 Å². The van der Waals surface area contributed by atoms with Gasteiger partial charge in [0.25, 0.3) is 0 Å². The van der Waals surface area contributed by atoms with Gasteiger partial charge in [-0.1, -0.05) is 11.6 Å². The van der Waals surface area contributed by atoms with Crippen LogP contribution in [0.5, 0.6) is 11.5 Å². The van der Waals surface area contributed by atoms with Crippen molar-refractivity contribution in [3.05, 3.63) is 17.2 Å². The number of nitrogens with one attached hydrogen (secondary N) is 2. The van der Waals surface area contributed by atoms with Gasteiger partial charge in [0, 0.05) is 37.2 Å². The summed E-state index contributed by atoms with van der Waals surface area (Å²) < 4.78 is 10.5. The molecule has 0 aromatic heterocycles. The average molecular weight is 384 g/mol. The number of hydrogen-bond acceptors (Lipinski definition) is 4. The summed E-state index contributed by atoms with van der Waals surface area (Å²) in [5, 5.41) is 6.17. The second-order valence-corrected chi connectivity index (χ2v) is 6.95. The van der Waals surface area contributed by atoms with Gasteiger partial charge in [0.05, 0.1) is 24.9 Å².